The molecular weight excluding hydrogens is 290 g/mol. The zero-order valence-electron chi connectivity index (χ0n) is 12.3. The fraction of sp³-hybridized carbons (Fsp3) is 0.0588. The summed E-state index contributed by atoms with van der Waals surface area (Å²) in [6, 6.07) is 10.1. The highest BCUT2D eigenvalue weighted by Gasteiger charge is 2.06. The van der Waals surface area contributed by atoms with Gasteiger partial charge in [0.05, 0.1) is 11.9 Å². The van der Waals surface area contributed by atoms with Crippen molar-refractivity contribution in [2.24, 2.45) is 0 Å². The molecule has 0 aliphatic rings. The zero-order valence-corrected chi connectivity index (χ0v) is 12.3. The predicted octanol–water partition coefficient (Wildman–Crippen LogP) is 2.20. The normalized spacial score (nSPS) is 10.4. The largest absolute Gasteiger partial charge is 0.508 e. The molecule has 0 aliphatic heterocycles. The van der Waals surface area contributed by atoms with Crippen LogP contribution in [0.3, 0.4) is 0 Å². The molecule has 3 aromatic rings. The molecule has 2 aromatic heterocycles. The smallest absolute Gasteiger partial charge is 0.130 e. The van der Waals surface area contributed by atoms with Gasteiger partial charge in [-0.05, 0) is 29.8 Å². The maximum Gasteiger partial charge on any atom is 0.130 e. The molecule has 2 heterocycles. The molecule has 1 aromatic carbocycles. The fourth-order valence-corrected chi connectivity index (χ4v) is 2.22. The highest BCUT2D eigenvalue weighted by molar-refractivity contribution is 5.84. The van der Waals surface area contributed by atoms with Crippen molar-refractivity contribution in [2.45, 2.75) is 6.42 Å². The van der Waals surface area contributed by atoms with E-state index in [1.807, 2.05) is 0 Å². The summed E-state index contributed by atoms with van der Waals surface area (Å²) in [7, 11) is 0. The SMILES string of the molecule is N=C(Cc1ccc(O)cc1)n1cc(-c2cnccn2)ccc1=N. The van der Waals surface area contributed by atoms with Gasteiger partial charge in [0.25, 0.3) is 0 Å². The van der Waals surface area contributed by atoms with Crippen molar-refractivity contribution in [3.63, 3.8) is 0 Å². The van der Waals surface area contributed by atoms with Gasteiger partial charge in [-0.3, -0.25) is 25.4 Å². The van der Waals surface area contributed by atoms with E-state index in [0.29, 0.717) is 12.1 Å². The van der Waals surface area contributed by atoms with Crippen molar-refractivity contribution in [1.82, 2.24) is 14.5 Å². The Morgan fingerprint density at radius 3 is 2.57 bits per heavy atom. The topological polar surface area (TPSA) is 98.6 Å². The lowest BCUT2D eigenvalue weighted by molar-refractivity contribution is 0.475. The summed E-state index contributed by atoms with van der Waals surface area (Å²) in [4.78, 5) is 8.28. The molecule has 0 fully saturated rings. The number of nitrogens with zero attached hydrogens (tertiary/aromatic N) is 3. The predicted molar refractivity (Wildman–Crippen MR) is 86.2 cm³/mol. The van der Waals surface area contributed by atoms with E-state index in [-0.39, 0.29) is 17.1 Å². The zero-order chi connectivity index (χ0) is 16.2. The summed E-state index contributed by atoms with van der Waals surface area (Å²) >= 11 is 0. The second kappa shape index (κ2) is 6.23. The molecule has 6 nitrogen and oxygen atoms in total. The first-order valence-corrected chi connectivity index (χ1v) is 7.03. The van der Waals surface area contributed by atoms with Gasteiger partial charge in [0, 0.05) is 30.6 Å². The lowest BCUT2D eigenvalue weighted by Crippen LogP contribution is -2.27. The van der Waals surface area contributed by atoms with Crippen molar-refractivity contribution in [3.8, 4) is 17.0 Å². The van der Waals surface area contributed by atoms with E-state index in [2.05, 4.69) is 9.97 Å². The van der Waals surface area contributed by atoms with E-state index >= 15 is 0 Å². The van der Waals surface area contributed by atoms with Crippen LogP contribution in [0.25, 0.3) is 11.3 Å². The molecule has 0 saturated heterocycles. The number of rotatable bonds is 3. The Bertz CT molecular complexity index is 885. The molecule has 0 amide bonds. The number of aromatic nitrogens is 3. The van der Waals surface area contributed by atoms with Crippen molar-refractivity contribution in [1.29, 1.82) is 10.8 Å². The van der Waals surface area contributed by atoms with Gasteiger partial charge in [-0.15, -0.1) is 0 Å². The molecule has 0 aliphatic carbocycles. The van der Waals surface area contributed by atoms with Crippen LogP contribution in [0.4, 0.5) is 0 Å². The van der Waals surface area contributed by atoms with Gasteiger partial charge >= 0.3 is 0 Å². The highest BCUT2D eigenvalue weighted by Crippen LogP contribution is 2.14. The first-order valence-electron chi connectivity index (χ1n) is 7.03. The first kappa shape index (κ1) is 14.6. The molecule has 0 saturated carbocycles. The van der Waals surface area contributed by atoms with Crippen molar-refractivity contribution < 1.29 is 5.11 Å². The van der Waals surface area contributed by atoms with Crippen LogP contribution in [-0.2, 0) is 6.42 Å². The van der Waals surface area contributed by atoms with Crippen LogP contribution in [-0.4, -0.2) is 25.5 Å². The summed E-state index contributed by atoms with van der Waals surface area (Å²) in [6.45, 7) is 0. The van der Waals surface area contributed by atoms with Gasteiger partial charge in [-0.1, -0.05) is 12.1 Å². The summed E-state index contributed by atoms with van der Waals surface area (Å²) in [5, 5.41) is 25.6. The average Bonchev–Trinajstić information content (AvgIpc) is 2.58. The monoisotopic (exact) mass is 305 g/mol. The Morgan fingerprint density at radius 2 is 1.87 bits per heavy atom. The minimum atomic E-state index is 0.193. The van der Waals surface area contributed by atoms with Crippen LogP contribution in [0.5, 0.6) is 5.75 Å². The third-order valence-electron chi connectivity index (χ3n) is 3.41. The van der Waals surface area contributed by atoms with Gasteiger partial charge in [-0.25, -0.2) is 0 Å². The second-order valence-corrected chi connectivity index (χ2v) is 5.05. The van der Waals surface area contributed by atoms with Gasteiger partial charge < -0.3 is 5.11 Å². The number of aromatic hydroxyl groups is 1. The van der Waals surface area contributed by atoms with E-state index < -0.39 is 0 Å². The quantitative estimate of drug-likeness (QED) is 0.511. The van der Waals surface area contributed by atoms with E-state index in [9.17, 15) is 5.11 Å². The van der Waals surface area contributed by atoms with Crippen LogP contribution >= 0.6 is 0 Å². The Morgan fingerprint density at radius 1 is 1.09 bits per heavy atom. The molecular formula is C17H15N5O. The molecule has 3 rings (SSSR count). The molecule has 0 atom stereocenters. The van der Waals surface area contributed by atoms with Gasteiger partial charge in [0.2, 0.25) is 0 Å². The molecule has 0 bridgehead atoms. The molecule has 0 unspecified atom stereocenters. The fourth-order valence-electron chi connectivity index (χ4n) is 2.22. The minimum absolute atomic E-state index is 0.193. The maximum atomic E-state index is 9.31. The van der Waals surface area contributed by atoms with Crippen molar-refractivity contribution in [3.05, 3.63) is 72.2 Å². The lowest BCUT2D eigenvalue weighted by Gasteiger charge is -2.11. The summed E-state index contributed by atoms with van der Waals surface area (Å²) in [6.07, 6.45) is 6.93. The van der Waals surface area contributed by atoms with Gasteiger partial charge in [-0.2, -0.15) is 0 Å². The first-order chi connectivity index (χ1) is 11.1. The molecule has 114 valence electrons. The standard InChI is InChI=1S/C17H15N5O/c18-16-6-3-13(15-10-20-7-8-21-15)11-22(16)17(19)9-12-1-4-14(23)5-2-12/h1-8,10-11,18-19,23H,9H2. The number of benzene rings is 1. The van der Waals surface area contributed by atoms with Crippen LogP contribution in [0, 0.1) is 10.8 Å². The van der Waals surface area contributed by atoms with Gasteiger partial charge in [0.15, 0.2) is 0 Å². The number of pyridine rings is 1. The molecule has 0 spiro atoms. The van der Waals surface area contributed by atoms with E-state index in [0.717, 1.165) is 11.1 Å². The third kappa shape index (κ3) is 3.32. The Hall–Kier alpha value is -3.28. The van der Waals surface area contributed by atoms with Gasteiger partial charge in [0.1, 0.15) is 17.1 Å². The molecule has 0 radical (unpaired) electrons. The number of phenols is 1. The number of hydrogen-bond acceptors (Lipinski definition) is 5. The molecule has 6 heteroatoms. The average molecular weight is 305 g/mol. The maximum absolute atomic E-state index is 9.31. The summed E-state index contributed by atoms with van der Waals surface area (Å²) < 4.78 is 1.51. The summed E-state index contributed by atoms with van der Waals surface area (Å²) in [5.41, 5.74) is 2.61. The highest BCUT2D eigenvalue weighted by atomic mass is 16.3. The van der Waals surface area contributed by atoms with E-state index in [1.54, 1.807) is 61.2 Å². The number of hydrogen-bond donors (Lipinski definition) is 3. The molecule has 3 N–H and O–H groups in total. The Labute approximate surface area is 132 Å². The van der Waals surface area contributed by atoms with E-state index in [4.69, 9.17) is 10.8 Å². The number of phenolic OH excluding ortho intramolecular Hbond substituents is 1. The van der Waals surface area contributed by atoms with Crippen molar-refractivity contribution in [2.75, 3.05) is 0 Å². The van der Waals surface area contributed by atoms with Crippen LogP contribution < -0.4 is 5.49 Å². The number of nitrogens with one attached hydrogen (secondary N) is 2. The Kier molecular flexibility index (Phi) is 3.97. The summed E-state index contributed by atoms with van der Waals surface area (Å²) in [5.74, 6) is 0.463. The van der Waals surface area contributed by atoms with E-state index in [1.165, 1.54) is 4.57 Å². The second-order valence-electron chi connectivity index (χ2n) is 5.05. The molecule has 23 heavy (non-hydrogen) atoms. The Balaban J connectivity index is 1.91. The third-order valence-corrected chi connectivity index (χ3v) is 3.41. The van der Waals surface area contributed by atoms with Crippen LogP contribution in [0.15, 0.2) is 61.2 Å². The van der Waals surface area contributed by atoms with Crippen molar-refractivity contribution >= 4 is 5.84 Å². The van der Waals surface area contributed by atoms with Crippen LogP contribution in [0.2, 0.25) is 0 Å². The minimum Gasteiger partial charge on any atom is -0.508 e. The lowest BCUT2D eigenvalue weighted by atomic mass is 10.1. The van der Waals surface area contributed by atoms with Crippen LogP contribution in [0.1, 0.15) is 5.56 Å².